The van der Waals surface area contributed by atoms with Crippen LogP contribution in [-0.2, 0) is 14.3 Å². The van der Waals surface area contributed by atoms with Gasteiger partial charge < -0.3 is 9.84 Å². The Balaban J connectivity index is 1.40. The Morgan fingerprint density at radius 1 is 0.943 bits per heavy atom. The second-order valence-corrected chi connectivity index (χ2v) is 13.6. The molecular formula is C31H50O4. The number of hydrogen-bond acceptors (Lipinski definition) is 3. The second kappa shape index (κ2) is 10.6. The monoisotopic (exact) mass is 486 g/mol. The SMILES string of the molecule is CC(C)CCC[C@@H](C)[C@H]1CC[C@H]2[C@@H]3C=C[C@@H]4C[C@@H](OC(=O)CCC(=O)O)CC[C@]4(C)[C@H]3CC[C@]12C. The van der Waals surface area contributed by atoms with Crippen LogP contribution in [0.15, 0.2) is 12.2 Å². The minimum atomic E-state index is -0.942. The van der Waals surface area contributed by atoms with Crippen LogP contribution in [0.3, 0.4) is 0 Å². The minimum absolute atomic E-state index is 0.0222. The summed E-state index contributed by atoms with van der Waals surface area (Å²) in [5.74, 6) is 3.96. The van der Waals surface area contributed by atoms with Crippen LogP contribution in [0.4, 0.5) is 0 Å². The van der Waals surface area contributed by atoms with Gasteiger partial charge in [0.25, 0.3) is 0 Å². The number of carbonyl (C=O) groups excluding carboxylic acids is 1. The summed E-state index contributed by atoms with van der Waals surface area (Å²) >= 11 is 0. The average molecular weight is 487 g/mol. The van der Waals surface area contributed by atoms with E-state index in [2.05, 4.69) is 46.8 Å². The fourth-order valence-electron chi connectivity index (χ4n) is 9.17. The molecule has 3 saturated carbocycles. The van der Waals surface area contributed by atoms with Crippen LogP contribution >= 0.6 is 0 Å². The van der Waals surface area contributed by atoms with Crippen molar-refractivity contribution in [3.8, 4) is 0 Å². The third-order valence-corrected chi connectivity index (χ3v) is 11.2. The van der Waals surface area contributed by atoms with Gasteiger partial charge in [-0.25, -0.2) is 0 Å². The summed E-state index contributed by atoms with van der Waals surface area (Å²) in [4.78, 5) is 22.9. The molecule has 0 aromatic carbocycles. The predicted molar refractivity (Wildman–Crippen MR) is 140 cm³/mol. The van der Waals surface area contributed by atoms with Gasteiger partial charge >= 0.3 is 11.9 Å². The van der Waals surface area contributed by atoms with Crippen molar-refractivity contribution in [2.45, 2.75) is 118 Å². The third-order valence-electron chi connectivity index (χ3n) is 11.2. The highest BCUT2D eigenvalue weighted by molar-refractivity contribution is 5.76. The molecule has 0 amide bonds. The van der Waals surface area contributed by atoms with Gasteiger partial charge in [-0.3, -0.25) is 9.59 Å². The number of rotatable bonds is 9. The summed E-state index contributed by atoms with van der Waals surface area (Å²) in [6, 6.07) is 0. The number of carboxylic acids is 1. The number of fused-ring (bicyclic) bond motifs is 5. The molecule has 0 aliphatic heterocycles. The third kappa shape index (κ3) is 5.37. The number of carbonyl (C=O) groups is 2. The van der Waals surface area contributed by atoms with E-state index in [1.54, 1.807) is 0 Å². The van der Waals surface area contributed by atoms with Crippen molar-refractivity contribution in [2.24, 2.45) is 52.3 Å². The molecule has 4 rings (SSSR count). The van der Waals surface area contributed by atoms with Crippen LogP contribution in [0.2, 0.25) is 0 Å². The van der Waals surface area contributed by atoms with E-state index in [0.29, 0.717) is 22.7 Å². The van der Waals surface area contributed by atoms with E-state index in [-0.39, 0.29) is 24.9 Å². The first-order valence-electron chi connectivity index (χ1n) is 14.6. The number of aliphatic carboxylic acids is 1. The Hall–Kier alpha value is -1.32. The summed E-state index contributed by atoms with van der Waals surface area (Å²) in [7, 11) is 0. The lowest BCUT2D eigenvalue weighted by Crippen LogP contribution is -2.52. The highest BCUT2D eigenvalue weighted by Crippen LogP contribution is 2.67. The highest BCUT2D eigenvalue weighted by Gasteiger charge is 2.59. The maximum Gasteiger partial charge on any atom is 0.306 e. The van der Waals surface area contributed by atoms with Crippen LogP contribution in [0.25, 0.3) is 0 Å². The molecule has 3 fully saturated rings. The van der Waals surface area contributed by atoms with Gasteiger partial charge in [-0.2, -0.15) is 0 Å². The Kier molecular flexibility index (Phi) is 8.08. The molecule has 0 unspecified atom stereocenters. The lowest BCUT2D eigenvalue weighted by atomic mass is 9.46. The van der Waals surface area contributed by atoms with Crippen molar-refractivity contribution in [1.82, 2.24) is 0 Å². The highest BCUT2D eigenvalue weighted by atomic mass is 16.5. The number of allylic oxidation sites excluding steroid dienone is 2. The lowest BCUT2D eigenvalue weighted by Gasteiger charge is -2.59. The molecule has 9 atom stereocenters. The molecule has 1 N–H and O–H groups in total. The standard InChI is InChI=1S/C31H50O4/c1-20(2)7-6-8-21(3)25-11-12-26-24-10-9-22-19-23(35-29(34)14-13-28(32)33)15-17-30(22,4)27(24)16-18-31(25,26)5/h9-10,20-27H,6-8,11-19H2,1-5H3,(H,32,33)/t21-,22-,23+,24+,25-,26+,27+,30+,31-/m1/s1. The van der Waals surface area contributed by atoms with Crippen molar-refractivity contribution >= 4 is 11.9 Å². The summed E-state index contributed by atoms with van der Waals surface area (Å²) in [5.41, 5.74) is 0.786. The maximum atomic E-state index is 12.1. The Labute approximate surface area is 213 Å². The molecular weight excluding hydrogens is 436 g/mol. The zero-order chi connectivity index (χ0) is 25.4. The molecule has 4 aliphatic rings. The summed E-state index contributed by atoms with van der Waals surface area (Å²) in [5, 5.41) is 8.84. The summed E-state index contributed by atoms with van der Waals surface area (Å²) < 4.78 is 5.71. The second-order valence-electron chi connectivity index (χ2n) is 13.6. The van der Waals surface area contributed by atoms with Crippen LogP contribution in [-0.4, -0.2) is 23.1 Å². The van der Waals surface area contributed by atoms with E-state index in [4.69, 9.17) is 9.84 Å². The minimum Gasteiger partial charge on any atom is -0.481 e. The molecule has 0 heterocycles. The molecule has 0 spiro atoms. The predicted octanol–water partition coefficient (Wildman–Crippen LogP) is 7.66. The van der Waals surface area contributed by atoms with Crippen LogP contribution in [0, 0.1) is 52.3 Å². The number of esters is 1. The van der Waals surface area contributed by atoms with Crippen molar-refractivity contribution in [3.63, 3.8) is 0 Å². The van der Waals surface area contributed by atoms with E-state index in [1.165, 1.54) is 44.9 Å². The topological polar surface area (TPSA) is 63.6 Å². The van der Waals surface area contributed by atoms with E-state index in [0.717, 1.165) is 48.9 Å². The first kappa shape index (κ1) is 26.7. The van der Waals surface area contributed by atoms with Gasteiger partial charge in [-0.05, 0) is 97.2 Å². The Bertz CT molecular complexity index is 802. The first-order chi connectivity index (χ1) is 16.5. The molecule has 0 aromatic rings. The fourth-order valence-corrected chi connectivity index (χ4v) is 9.17. The van der Waals surface area contributed by atoms with Gasteiger partial charge in [0.1, 0.15) is 6.10 Å². The van der Waals surface area contributed by atoms with Gasteiger partial charge in [-0.15, -0.1) is 0 Å². The maximum absolute atomic E-state index is 12.1. The van der Waals surface area contributed by atoms with Crippen molar-refractivity contribution in [1.29, 1.82) is 0 Å². The van der Waals surface area contributed by atoms with Crippen molar-refractivity contribution in [3.05, 3.63) is 12.2 Å². The molecule has 35 heavy (non-hydrogen) atoms. The van der Waals surface area contributed by atoms with Gasteiger partial charge in [0, 0.05) is 0 Å². The van der Waals surface area contributed by atoms with E-state index in [1.807, 2.05) is 0 Å². The van der Waals surface area contributed by atoms with Crippen LogP contribution in [0.1, 0.15) is 112 Å². The van der Waals surface area contributed by atoms with Crippen molar-refractivity contribution < 1.29 is 19.4 Å². The quantitative estimate of drug-likeness (QED) is 0.268. The van der Waals surface area contributed by atoms with E-state index < -0.39 is 5.97 Å². The number of ether oxygens (including phenoxy) is 1. The molecule has 4 aliphatic carbocycles. The fraction of sp³-hybridized carbons (Fsp3) is 0.871. The van der Waals surface area contributed by atoms with Gasteiger partial charge in [0.2, 0.25) is 0 Å². The smallest absolute Gasteiger partial charge is 0.306 e. The van der Waals surface area contributed by atoms with Gasteiger partial charge in [0.15, 0.2) is 0 Å². The summed E-state index contributed by atoms with van der Waals surface area (Å²) in [6.45, 7) is 12.4. The normalized spacial score (nSPS) is 41.1. The number of carboxylic acid groups (broad SMARTS) is 1. The van der Waals surface area contributed by atoms with E-state index in [9.17, 15) is 9.59 Å². The molecule has 4 nitrogen and oxygen atoms in total. The van der Waals surface area contributed by atoms with Gasteiger partial charge in [0.05, 0.1) is 12.8 Å². The molecule has 198 valence electrons. The van der Waals surface area contributed by atoms with Crippen molar-refractivity contribution in [2.75, 3.05) is 0 Å². The average Bonchev–Trinajstić information content (AvgIpc) is 3.15. The van der Waals surface area contributed by atoms with E-state index >= 15 is 0 Å². The zero-order valence-electron chi connectivity index (χ0n) is 22.9. The van der Waals surface area contributed by atoms with Crippen LogP contribution in [0.5, 0.6) is 0 Å². The molecule has 0 saturated heterocycles. The number of hydrogen-bond donors (Lipinski definition) is 1. The largest absolute Gasteiger partial charge is 0.481 e. The zero-order valence-corrected chi connectivity index (χ0v) is 22.9. The molecule has 0 bridgehead atoms. The van der Waals surface area contributed by atoms with Gasteiger partial charge in [-0.1, -0.05) is 66.0 Å². The summed E-state index contributed by atoms with van der Waals surface area (Å²) in [6.07, 6.45) is 17.4. The molecule has 0 radical (unpaired) electrons. The van der Waals surface area contributed by atoms with Crippen LogP contribution < -0.4 is 0 Å². The lowest BCUT2D eigenvalue weighted by molar-refractivity contribution is -0.157. The molecule has 0 aromatic heterocycles. The Morgan fingerprint density at radius 2 is 1.66 bits per heavy atom. The molecule has 4 heteroatoms. The first-order valence-corrected chi connectivity index (χ1v) is 14.6. The Morgan fingerprint density at radius 3 is 2.37 bits per heavy atom.